The van der Waals surface area contributed by atoms with E-state index in [1.807, 2.05) is 19.9 Å². The van der Waals surface area contributed by atoms with Crippen molar-refractivity contribution in [3.8, 4) is 0 Å². The molecule has 0 aliphatic rings. The summed E-state index contributed by atoms with van der Waals surface area (Å²) in [6.45, 7) is 3.41. The highest BCUT2D eigenvalue weighted by atomic mass is 32.2. The number of primary sulfonamides is 1. The molecule has 0 aliphatic carbocycles. The van der Waals surface area contributed by atoms with Gasteiger partial charge in [0.1, 0.15) is 6.54 Å². The van der Waals surface area contributed by atoms with Crippen LogP contribution in [0, 0.1) is 6.92 Å². The molecule has 28 heavy (non-hydrogen) atoms. The molecule has 0 bridgehead atoms. The van der Waals surface area contributed by atoms with Crippen LogP contribution in [0.1, 0.15) is 18.1 Å². The SMILES string of the molecule is CCc1ccc(NC(=O)Cn2cnc3c(C)cccc3c2=O)cc1S(N)(=O)=O. The van der Waals surface area contributed by atoms with Gasteiger partial charge >= 0.3 is 0 Å². The number of hydrogen-bond donors (Lipinski definition) is 2. The van der Waals surface area contributed by atoms with Crippen LogP contribution >= 0.6 is 0 Å². The van der Waals surface area contributed by atoms with Crippen LogP contribution in [0.15, 0.2) is 52.4 Å². The fraction of sp³-hybridized carbons (Fsp3) is 0.211. The van der Waals surface area contributed by atoms with Crippen LogP contribution in [-0.2, 0) is 27.8 Å². The van der Waals surface area contributed by atoms with E-state index in [1.165, 1.54) is 17.0 Å². The Bertz CT molecular complexity index is 1230. The maximum atomic E-state index is 12.6. The Kier molecular flexibility index (Phi) is 5.30. The van der Waals surface area contributed by atoms with Gasteiger partial charge in [-0.05, 0) is 42.7 Å². The predicted octanol–water partition coefficient (Wildman–Crippen LogP) is 1.55. The number of aromatic nitrogens is 2. The number of para-hydroxylation sites is 1. The molecule has 0 saturated heterocycles. The standard InChI is InChI=1S/C19H20N4O4S/c1-3-13-7-8-14(9-16(13)28(20,26)27)22-17(24)10-23-11-21-18-12(2)5-4-6-15(18)19(23)25/h4-9,11H,3,10H2,1-2H3,(H,22,24)(H2,20,26,27). The van der Waals surface area contributed by atoms with Gasteiger partial charge in [-0.25, -0.2) is 18.5 Å². The molecule has 0 saturated carbocycles. The molecule has 0 radical (unpaired) electrons. The molecular weight excluding hydrogens is 380 g/mol. The van der Waals surface area contributed by atoms with E-state index in [0.29, 0.717) is 22.9 Å². The zero-order valence-corrected chi connectivity index (χ0v) is 16.3. The van der Waals surface area contributed by atoms with Gasteiger partial charge in [0.15, 0.2) is 0 Å². The number of benzene rings is 2. The smallest absolute Gasteiger partial charge is 0.261 e. The van der Waals surface area contributed by atoms with Crippen molar-refractivity contribution < 1.29 is 13.2 Å². The summed E-state index contributed by atoms with van der Waals surface area (Å²) in [7, 11) is -3.91. The van der Waals surface area contributed by atoms with Crippen LogP contribution < -0.4 is 16.0 Å². The number of rotatable bonds is 5. The van der Waals surface area contributed by atoms with E-state index in [9.17, 15) is 18.0 Å². The van der Waals surface area contributed by atoms with Crippen molar-refractivity contribution in [2.24, 2.45) is 5.14 Å². The van der Waals surface area contributed by atoms with Gasteiger partial charge in [0.25, 0.3) is 5.56 Å². The Morgan fingerprint density at radius 3 is 2.68 bits per heavy atom. The van der Waals surface area contributed by atoms with Crippen LogP contribution in [0.5, 0.6) is 0 Å². The van der Waals surface area contributed by atoms with E-state index in [1.54, 1.807) is 24.3 Å². The van der Waals surface area contributed by atoms with Crippen molar-refractivity contribution in [2.75, 3.05) is 5.32 Å². The number of nitrogens with zero attached hydrogens (tertiary/aromatic N) is 2. The second-order valence-electron chi connectivity index (χ2n) is 6.42. The Balaban J connectivity index is 1.86. The van der Waals surface area contributed by atoms with E-state index < -0.39 is 15.9 Å². The summed E-state index contributed by atoms with van der Waals surface area (Å²) in [5.41, 5.74) is 1.99. The molecule has 0 unspecified atom stereocenters. The first-order valence-corrected chi connectivity index (χ1v) is 10.2. The summed E-state index contributed by atoms with van der Waals surface area (Å²) < 4.78 is 24.7. The molecule has 1 amide bonds. The zero-order valence-electron chi connectivity index (χ0n) is 15.5. The summed E-state index contributed by atoms with van der Waals surface area (Å²) >= 11 is 0. The summed E-state index contributed by atoms with van der Waals surface area (Å²) in [4.78, 5) is 29.2. The average Bonchev–Trinajstić information content (AvgIpc) is 2.64. The number of carbonyl (C=O) groups is 1. The second kappa shape index (κ2) is 7.53. The first-order chi connectivity index (χ1) is 13.2. The number of hydrogen-bond acceptors (Lipinski definition) is 5. The summed E-state index contributed by atoms with van der Waals surface area (Å²) in [6.07, 6.45) is 1.81. The van der Waals surface area contributed by atoms with E-state index in [-0.39, 0.29) is 22.7 Å². The van der Waals surface area contributed by atoms with E-state index >= 15 is 0 Å². The quantitative estimate of drug-likeness (QED) is 0.672. The topological polar surface area (TPSA) is 124 Å². The normalized spacial score (nSPS) is 11.5. The molecule has 146 valence electrons. The van der Waals surface area contributed by atoms with Crippen LogP contribution in [0.3, 0.4) is 0 Å². The molecule has 0 fully saturated rings. The first kappa shape index (κ1) is 19.7. The van der Waals surface area contributed by atoms with Gasteiger partial charge < -0.3 is 5.32 Å². The number of amides is 1. The summed E-state index contributed by atoms with van der Waals surface area (Å²) in [6, 6.07) is 9.78. The van der Waals surface area contributed by atoms with E-state index in [0.717, 1.165) is 5.56 Å². The minimum atomic E-state index is -3.91. The van der Waals surface area contributed by atoms with Crippen molar-refractivity contribution in [2.45, 2.75) is 31.7 Å². The lowest BCUT2D eigenvalue weighted by Gasteiger charge is -2.11. The molecule has 0 atom stereocenters. The minimum absolute atomic E-state index is 0.0344. The van der Waals surface area contributed by atoms with E-state index in [4.69, 9.17) is 5.14 Å². The molecule has 3 N–H and O–H groups in total. The monoisotopic (exact) mass is 400 g/mol. The van der Waals surface area contributed by atoms with Gasteiger partial charge in [0.05, 0.1) is 22.1 Å². The zero-order chi connectivity index (χ0) is 20.5. The second-order valence-corrected chi connectivity index (χ2v) is 7.95. The lowest BCUT2D eigenvalue weighted by atomic mass is 10.1. The lowest BCUT2D eigenvalue weighted by Crippen LogP contribution is -2.28. The van der Waals surface area contributed by atoms with Crippen LogP contribution in [0.4, 0.5) is 5.69 Å². The number of nitrogens with two attached hydrogens (primary N) is 1. The number of nitrogens with one attached hydrogen (secondary N) is 1. The number of aryl methyl sites for hydroxylation is 2. The maximum Gasteiger partial charge on any atom is 0.261 e. The average molecular weight is 400 g/mol. The Hall–Kier alpha value is -3.04. The Morgan fingerprint density at radius 1 is 1.25 bits per heavy atom. The third kappa shape index (κ3) is 3.95. The predicted molar refractivity (Wildman–Crippen MR) is 107 cm³/mol. The van der Waals surface area contributed by atoms with Crippen molar-refractivity contribution >= 4 is 32.5 Å². The molecular formula is C19H20N4O4S. The molecule has 2 aromatic carbocycles. The number of anilines is 1. The molecule has 1 aromatic heterocycles. The van der Waals surface area contributed by atoms with Crippen molar-refractivity contribution in [1.29, 1.82) is 0 Å². The molecule has 8 nitrogen and oxygen atoms in total. The van der Waals surface area contributed by atoms with Gasteiger partial charge in [0.2, 0.25) is 15.9 Å². The molecule has 0 spiro atoms. The Labute approximate surface area is 162 Å². The fourth-order valence-corrected chi connectivity index (χ4v) is 3.86. The third-order valence-electron chi connectivity index (χ3n) is 4.41. The van der Waals surface area contributed by atoms with Gasteiger partial charge in [-0.1, -0.05) is 25.1 Å². The largest absolute Gasteiger partial charge is 0.324 e. The van der Waals surface area contributed by atoms with Gasteiger partial charge in [-0.2, -0.15) is 0 Å². The first-order valence-electron chi connectivity index (χ1n) is 8.61. The minimum Gasteiger partial charge on any atom is -0.324 e. The number of sulfonamides is 1. The van der Waals surface area contributed by atoms with Crippen molar-refractivity contribution in [3.05, 3.63) is 64.2 Å². The highest BCUT2D eigenvalue weighted by Crippen LogP contribution is 2.20. The highest BCUT2D eigenvalue weighted by molar-refractivity contribution is 7.89. The Morgan fingerprint density at radius 2 is 2.00 bits per heavy atom. The lowest BCUT2D eigenvalue weighted by molar-refractivity contribution is -0.116. The van der Waals surface area contributed by atoms with Gasteiger partial charge in [0, 0.05) is 5.69 Å². The van der Waals surface area contributed by atoms with Gasteiger partial charge in [-0.15, -0.1) is 0 Å². The number of carbonyl (C=O) groups excluding carboxylic acids is 1. The number of fused-ring (bicyclic) bond motifs is 1. The van der Waals surface area contributed by atoms with Crippen molar-refractivity contribution in [1.82, 2.24) is 9.55 Å². The summed E-state index contributed by atoms with van der Waals surface area (Å²) in [5.74, 6) is -0.486. The van der Waals surface area contributed by atoms with E-state index in [2.05, 4.69) is 10.3 Å². The van der Waals surface area contributed by atoms with Crippen LogP contribution in [0.2, 0.25) is 0 Å². The maximum absolute atomic E-state index is 12.6. The molecule has 0 aliphatic heterocycles. The molecule has 3 rings (SSSR count). The van der Waals surface area contributed by atoms with Crippen molar-refractivity contribution in [3.63, 3.8) is 0 Å². The fourth-order valence-electron chi connectivity index (χ4n) is 2.99. The van der Waals surface area contributed by atoms with Crippen LogP contribution in [-0.4, -0.2) is 23.9 Å². The molecule has 3 aromatic rings. The third-order valence-corrected chi connectivity index (χ3v) is 5.40. The highest BCUT2D eigenvalue weighted by Gasteiger charge is 2.15. The van der Waals surface area contributed by atoms with Gasteiger partial charge in [-0.3, -0.25) is 14.2 Å². The molecule has 1 heterocycles. The van der Waals surface area contributed by atoms with Crippen LogP contribution in [0.25, 0.3) is 10.9 Å². The summed E-state index contributed by atoms with van der Waals surface area (Å²) in [5, 5.41) is 8.27. The molecule has 9 heteroatoms.